The zero-order valence-electron chi connectivity index (χ0n) is 12.9. The van der Waals surface area contributed by atoms with Crippen LogP contribution in [0.3, 0.4) is 0 Å². The van der Waals surface area contributed by atoms with E-state index in [9.17, 15) is 0 Å². The Morgan fingerprint density at radius 2 is 1.86 bits per heavy atom. The fourth-order valence-corrected chi connectivity index (χ4v) is 3.60. The molecule has 6 heteroatoms. The largest absolute Gasteiger partial charge is 0.338 e. The van der Waals surface area contributed by atoms with E-state index in [1.54, 1.807) is 11.8 Å². The van der Waals surface area contributed by atoms with E-state index in [-0.39, 0.29) is 23.2 Å². The summed E-state index contributed by atoms with van der Waals surface area (Å²) < 4.78 is 5.44. The third kappa shape index (κ3) is 3.65. The number of rotatable bonds is 4. The Labute approximate surface area is 141 Å². The second-order valence-electron chi connectivity index (χ2n) is 5.89. The van der Waals surface area contributed by atoms with Gasteiger partial charge in [-0.05, 0) is 38.8 Å². The van der Waals surface area contributed by atoms with Gasteiger partial charge in [0.2, 0.25) is 5.89 Å². The summed E-state index contributed by atoms with van der Waals surface area (Å²) in [5.74, 6) is 1.33. The van der Waals surface area contributed by atoms with Crippen molar-refractivity contribution in [2.24, 2.45) is 5.73 Å². The molecule has 1 aliphatic rings. The number of halogens is 1. The molecule has 0 bridgehead atoms. The van der Waals surface area contributed by atoms with Crippen molar-refractivity contribution in [1.82, 2.24) is 10.1 Å². The summed E-state index contributed by atoms with van der Waals surface area (Å²) in [5.41, 5.74) is 7.25. The van der Waals surface area contributed by atoms with Crippen LogP contribution in [0, 0.1) is 6.92 Å². The van der Waals surface area contributed by atoms with Crippen molar-refractivity contribution in [3.05, 3.63) is 41.5 Å². The van der Waals surface area contributed by atoms with Gasteiger partial charge in [0, 0.05) is 4.90 Å². The van der Waals surface area contributed by atoms with E-state index in [1.807, 2.05) is 0 Å². The van der Waals surface area contributed by atoms with Crippen LogP contribution in [0.15, 0.2) is 33.7 Å². The van der Waals surface area contributed by atoms with Crippen molar-refractivity contribution in [3.8, 4) is 0 Å². The fraction of sp³-hybridized carbons (Fsp3) is 0.500. The molecule has 1 fully saturated rings. The summed E-state index contributed by atoms with van der Waals surface area (Å²) in [7, 11) is 0. The number of hydrogen-bond acceptors (Lipinski definition) is 5. The summed E-state index contributed by atoms with van der Waals surface area (Å²) in [6.45, 7) is 4.17. The van der Waals surface area contributed by atoms with Crippen LogP contribution in [0.1, 0.15) is 55.1 Å². The normalized spacial score (nSPS) is 18.0. The predicted octanol–water partition coefficient (Wildman–Crippen LogP) is 4.38. The van der Waals surface area contributed by atoms with Gasteiger partial charge in [-0.3, -0.25) is 0 Å². The lowest BCUT2D eigenvalue weighted by Gasteiger charge is -2.17. The van der Waals surface area contributed by atoms with E-state index in [4.69, 9.17) is 10.3 Å². The molecule has 22 heavy (non-hydrogen) atoms. The monoisotopic (exact) mass is 339 g/mol. The minimum absolute atomic E-state index is 0. The molecule has 0 radical (unpaired) electrons. The highest BCUT2D eigenvalue weighted by molar-refractivity contribution is 7.99. The van der Waals surface area contributed by atoms with Crippen LogP contribution >= 0.6 is 24.2 Å². The van der Waals surface area contributed by atoms with E-state index >= 15 is 0 Å². The first-order valence-corrected chi connectivity index (χ1v) is 8.31. The van der Waals surface area contributed by atoms with Gasteiger partial charge in [0.25, 0.3) is 0 Å². The third-order valence-corrected chi connectivity index (χ3v) is 5.16. The van der Waals surface area contributed by atoms with Crippen LogP contribution < -0.4 is 5.73 Å². The van der Waals surface area contributed by atoms with Gasteiger partial charge in [-0.25, -0.2) is 0 Å². The molecular formula is C16H22ClN3OS. The van der Waals surface area contributed by atoms with E-state index in [0.29, 0.717) is 11.7 Å². The van der Waals surface area contributed by atoms with Gasteiger partial charge in [-0.2, -0.15) is 4.98 Å². The van der Waals surface area contributed by atoms with Crippen molar-refractivity contribution in [2.45, 2.75) is 55.2 Å². The number of aromatic nitrogens is 2. The Bertz CT molecular complexity index is 608. The fourth-order valence-electron chi connectivity index (χ4n) is 2.70. The molecule has 0 aliphatic heterocycles. The van der Waals surface area contributed by atoms with Crippen molar-refractivity contribution in [3.63, 3.8) is 0 Å². The van der Waals surface area contributed by atoms with Crippen molar-refractivity contribution in [1.29, 1.82) is 0 Å². The highest BCUT2D eigenvalue weighted by Crippen LogP contribution is 2.37. The second-order valence-corrected chi connectivity index (χ2v) is 7.31. The Morgan fingerprint density at radius 3 is 2.50 bits per heavy atom. The predicted molar refractivity (Wildman–Crippen MR) is 91.3 cm³/mol. The van der Waals surface area contributed by atoms with Crippen LogP contribution in [0.4, 0.5) is 0 Å². The molecule has 1 aromatic heterocycles. The van der Waals surface area contributed by atoms with Gasteiger partial charge in [-0.15, -0.1) is 24.2 Å². The average molecular weight is 340 g/mol. The van der Waals surface area contributed by atoms with Crippen LogP contribution in [0.25, 0.3) is 0 Å². The molecule has 120 valence electrons. The van der Waals surface area contributed by atoms with E-state index < -0.39 is 0 Å². The molecular weight excluding hydrogens is 318 g/mol. The van der Waals surface area contributed by atoms with Crippen molar-refractivity contribution >= 4 is 24.2 Å². The molecule has 0 saturated heterocycles. The van der Waals surface area contributed by atoms with Gasteiger partial charge in [0.1, 0.15) is 0 Å². The maximum absolute atomic E-state index is 6.37. The first kappa shape index (κ1) is 17.3. The highest BCUT2D eigenvalue weighted by Gasteiger charge is 2.36. The van der Waals surface area contributed by atoms with Crippen LogP contribution in [0.2, 0.25) is 0 Å². The standard InChI is InChI=1S/C16H21N3OS.ClH/c1-11-5-7-13(8-6-11)21-12(2)14-18-15(19-20-14)16(17)9-3-4-10-16;/h5-8,12H,3-4,9-10,17H2,1-2H3;1H. The van der Waals surface area contributed by atoms with Gasteiger partial charge in [-0.1, -0.05) is 35.7 Å². The lowest BCUT2D eigenvalue weighted by molar-refractivity contribution is 0.349. The molecule has 2 N–H and O–H groups in total. The zero-order valence-corrected chi connectivity index (χ0v) is 14.5. The Kier molecular flexibility index (Phi) is 5.53. The summed E-state index contributed by atoms with van der Waals surface area (Å²) >= 11 is 1.72. The number of nitrogens with two attached hydrogens (primary N) is 1. The quantitative estimate of drug-likeness (QED) is 0.837. The maximum atomic E-state index is 6.37. The molecule has 0 amide bonds. The topological polar surface area (TPSA) is 64.9 Å². The minimum Gasteiger partial charge on any atom is -0.338 e. The number of benzene rings is 1. The number of thioether (sulfide) groups is 1. The van der Waals surface area contributed by atoms with E-state index in [0.717, 1.165) is 25.7 Å². The van der Waals surface area contributed by atoms with Gasteiger partial charge >= 0.3 is 0 Å². The molecule has 1 aromatic carbocycles. The van der Waals surface area contributed by atoms with E-state index in [2.05, 4.69) is 48.3 Å². The lowest BCUT2D eigenvalue weighted by atomic mass is 9.99. The van der Waals surface area contributed by atoms with Crippen LogP contribution in [-0.2, 0) is 5.54 Å². The second kappa shape index (κ2) is 7.02. The Balaban J connectivity index is 0.00000176. The minimum atomic E-state index is -0.379. The molecule has 1 aliphatic carbocycles. The SMILES string of the molecule is Cc1ccc(SC(C)c2nc(C3(N)CCCC3)no2)cc1.Cl. The summed E-state index contributed by atoms with van der Waals surface area (Å²) in [5, 5.41) is 4.25. The first-order chi connectivity index (χ1) is 10.1. The molecule has 1 saturated carbocycles. The van der Waals surface area contributed by atoms with Crippen LogP contribution in [0.5, 0.6) is 0 Å². The zero-order chi connectivity index (χ0) is 14.9. The summed E-state index contributed by atoms with van der Waals surface area (Å²) in [4.78, 5) is 5.76. The average Bonchev–Trinajstić information content (AvgIpc) is 3.11. The van der Waals surface area contributed by atoms with Gasteiger partial charge in [0.15, 0.2) is 5.82 Å². The van der Waals surface area contributed by atoms with E-state index in [1.165, 1.54) is 10.5 Å². The molecule has 2 aromatic rings. The molecule has 1 heterocycles. The first-order valence-electron chi connectivity index (χ1n) is 7.43. The summed E-state index contributed by atoms with van der Waals surface area (Å²) in [6.07, 6.45) is 4.19. The highest BCUT2D eigenvalue weighted by atomic mass is 35.5. The number of nitrogens with zero attached hydrogens (tertiary/aromatic N) is 2. The maximum Gasteiger partial charge on any atom is 0.239 e. The lowest BCUT2D eigenvalue weighted by Crippen LogP contribution is -2.34. The third-order valence-electron chi connectivity index (χ3n) is 4.06. The number of hydrogen-bond donors (Lipinski definition) is 1. The van der Waals surface area contributed by atoms with Gasteiger partial charge < -0.3 is 10.3 Å². The number of aryl methyl sites for hydroxylation is 1. The molecule has 0 spiro atoms. The smallest absolute Gasteiger partial charge is 0.239 e. The Hall–Kier alpha value is -1.04. The van der Waals surface area contributed by atoms with Gasteiger partial charge in [0.05, 0.1) is 10.8 Å². The van der Waals surface area contributed by atoms with Crippen molar-refractivity contribution in [2.75, 3.05) is 0 Å². The molecule has 3 rings (SSSR count). The molecule has 4 nitrogen and oxygen atoms in total. The molecule has 1 atom stereocenters. The molecule has 1 unspecified atom stereocenters. The van der Waals surface area contributed by atoms with Crippen molar-refractivity contribution < 1.29 is 4.52 Å². The van der Waals surface area contributed by atoms with Crippen LogP contribution in [-0.4, -0.2) is 10.1 Å². The Morgan fingerprint density at radius 1 is 1.23 bits per heavy atom. The summed E-state index contributed by atoms with van der Waals surface area (Å²) in [6, 6.07) is 8.47.